The van der Waals surface area contributed by atoms with Crippen LogP contribution in [0.1, 0.15) is 64.7 Å². The van der Waals surface area contributed by atoms with E-state index in [-0.39, 0.29) is 0 Å². The molecular weight excluding hydrogens is 256 g/mol. The summed E-state index contributed by atoms with van der Waals surface area (Å²) in [5.74, 6) is 3.26. The summed E-state index contributed by atoms with van der Waals surface area (Å²) in [6.45, 7) is 7.67. The van der Waals surface area contributed by atoms with Crippen LogP contribution >= 0.6 is 0 Å². The largest absolute Gasteiger partial charge is 0.312 e. The van der Waals surface area contributed by atoms with Gasteiger partial charge in [0.2, 0.25) is 0 Å². The number of rotatable bonds is 5. The highest BCUT2D eigenvalue weighted by atomic mass is 15.1. The molecule has 5 rings (SSSR count). The van der Waals surface area contributed by atoms with E-state index in [1.165, 1.54) is 64.7 Å². The Morgan fingerprint density at radius 3 is 2.10 bits per heavy atom. The van der Waals surface area contributed by atoms with Crippen LogP contribution < -0.4 is 5.32 Å². The Morgan fingerprint density at radius 1 is 0.952 bits per heavy atom. The quantitative estimate of drug-likeness (QED) is 0.831. The van der Waals surface area contributed by atoms with Crippen molar-refractivity contribution in [3.05, 3.63) is 0 Å². The summed E-state index contributed by atoms with van der Waals surface area (Å²) in [6, 6.07) is 0.746. The van der Waals surface area contributed by atoms with E-state index >= 15 is 0 Å². The molecule has 120 valence electrons. The monoisotopic (exact) mass is 290 g/mol. The van der Waals surface area contributed by atoms with Crippen molar-refractivity contribution in [1.29, 1.82) is 0 Å². The Labute approximate surface area is 131 Å². The molecule has 1 saturated heterocycles. The fraction of sp³-hybridized carbons (Fsp3) is 1.00. The van der Waals surface area contributed by atoms with Crippen LogP contribution in [-0.2, 0) is 0 Å². The number of likely N-dealkylation sites (tertiary alicyclic amines) is 1. The van der Waals surface area contributed by atoms with Crippen LogP contribution in [0.4, 0.5) is 0 Å². The first kappa shape index (κ1) is 14.5. The third-order valence-corrected chi connectivity index (χ3v) is 7.33. The molecule has 1 aliphatic heterocycles. The first-order valence-electron chi connectivity index (χ1n) is 9.69. The highest BCUT2D eigenvalue weighted by Gasteiger charge is 2.52. The lowest BCUT2D eigenvalue weighted by molar-refractivity contribution is -0.0705. The van der Waals surface area contributed by atoms with Crippen molar-refractivity contribution in [3.8, 4) is 0 Å². The second-order valence-corrected chi connectivity index (χ2v) is 8.86. The van der Waals surface area contributed by atoms with Gasteiger partial charge in [-0.3, -0.25) is 0 Å². The van der Waals surface area contributed by atoms with Gasteiger partial charge in [-0.05, 0) is 94.5 Å². The van der Waals surface area contributed by atoms with Gasteiger partial charge in [-0.2, -0.15) is 0 Å². The van der Waals surface area contributed by atoms with E-state index < -0.39 is 0 Å². The number of hydrogen-bond donors (Lipinski definition) is 1. The molecule has 0 aromatic carbocycles. The first-order valence-corrected chi connectivity index (χ1v) is 9.69. The molecule has 1 N–H and O–H groups in total. The van der Waals surface area contributed by atoms with Gasteiger partial charge in [0.25, 0.3) is 0 Å². The maximum absolute atomic E-state index is 3.95. The van der Waals surface area contributed by atoms with E-state index in [9.17, 15) is 0 Å². The fourth-order valence-corrected chi connectivity index (χ4v) is 6.55. The molecule has 21 heavy (non-hydrogen) atoms. The zero-order chi connectivity index (χ0) is 14.3. The minimum atomic E-state index is 0.677. The molecule has 0 amide bonds. The van der Waals surface area contributed by atoms with Crippen LogP contribution in [0.5, 0.6) is 0 Å². The van der Waals surface area contributed by atoms with Crippen LogP contribution in [0.2, 0.25) is 0 Å². The van der Waals surface area contributed by atoms with Gasteiger partial charge < -0.3 is 10.2 Å². The third kappa shape index (κ3) is 2.91. The summed E-state index contributed by atoms with van der Waals surface area (Å²) in [5.41, 5.74) is 0.677. The molecule has 5 fully saturated rings. The van der Waals surface area contributed by atoms with Gasteiger partial charge in [0.05, 0.1) is 0 Å². The van der Waals surface area contributed by atoms with Crippen LogP contribution in [0.3, 0.4) is 0 Å². The van der Waals surface area contributed by atoms with Crippen LogP contribution in [0.25, 0.3) is 0 Å². The number of hydrogen-bond acceptors (Lipinski definition) is 2. The van der Waals surface area contributed by atoms with Gasteiger partial charge in [-0.1, -0.05) is 6.42 Å². The standard InChI is InChI=1S/C19H34N2/c1-15(20-5-8-21-6-3-2-4-7-21)19-12-16-9-17(13-19)11-18(10-16)14-19/h15-18,20H,2-14H2,1H3. The minimum absolute atomic E-state index is 0.677. The molecule has 0 spiro atoms. The SMILES string of the molecule is CC(NCCN1CCCCC1)C12CC3CC(CC(C3)C1)C2. The van der Waals surface area contributed by atoms with Crippen molar-refractivity contribution < 1.29 is 0 Å². The molecular formula is C19H34N2. The predicted octanol–water partition coefficient (Wildman–Crippen LogP) is 3.67. The fourth-order valence-electron chi connectivity index (χ4n) is 6.55. The number of nitrogens with one attached hydrogen (secondary N) is 1. The van der Waals surface area contributed by atoms with Crippen molar-refractivity contribution in [2.75, 3.05) is 26.2 Å². The van der Waals surface area contributed by atoms with Gasteiger partial charge in [-0.25, -0.2) is 0 Å². The summed E-state index contributed by atoms with van der Waals surface area (Å²) in [4.78, 5) is 2.67. The van der Waals surface area contributed by atoms with E-state index in [0.717, 1.165) is 23.8 Å². The summed E-state index contributed by atoms with van der Waals surface area (Å²) >= 11 is 0. The highest BCUT2D eigenvalue weighted by Crippen LogP contribution is 2.61. The van der Waals surface area contributed by atoms with Crippen molar-refractivity contribution in [1.82, 2.24) is 10.2 Å². The zero-order valence-corrected chi connectivity index (χ0v) is 13.9. The molecule has 0 aromatic heterocycles. The van der Waals surface area contributed by atoms with Crippen molar-refractivity contribution >= 4 is 0 Å². The van der Waals surface area contributed by atoms with Crippen LogP contribution in [-0.4, -0.2) is 37.1 Å². The number of piperidine rings is 1. The molecule has 1 heterocycles. The Bertz CT molecular complexity index is 323. The van der Waals surface area contributed by atoms with E-state index in [1.807, 2.05) is 0 Å². The Hall–Kier alpha value is -0.0800. The molecule has 4 aliphatic carbocycles. The minimum Gasteiger partial charge on any atom is -0.312 e. The lowest BCUT2D eigenvalue weighted by Gasteiger charge is -2.59. The molecule has 1 atom stereocenters. The van der Waals surface area contributed by atoms with Gasteiger partial charge in [0.15, 0.2) is 0 Å². The second-order valence-electron chi connectivity index (χ2n) is 8.86. The molecule has 0 radical (unpaired) electrons. The summed E-state index contributed by atoms with van der Waals surface area (Å²) in [7, 11) is 0. The van der Waals surface area contributed by atoms with Crippen molar-refractivity contribution in [3.63, 3.8) is 0 Å². The maximum atomic E-state index is 3.95. The Kier molecular flexibility index (Phi) is 4.04. The Morgan fingerprint density at radius 2 is 1.52 bits per heavy atom. The Balaban J connectivity index is 1.29. The highest BCUT2D eigenvalue weighted by molar-refractivity contribution is 5.05. The topological polar surface area (TPSA) is 15.3 Å². The third-order valence-electron chi connectivity index (χ3n) is 7.33. The smallest absolute Gasteiger partial charge is 0.0107 e. The average Bonchev–Trinajstić information content (AvgIpc) is 2.47. The van der Waals surface area contributed by atoms with Crippen molar-refractivity contribution in [2.24, 2.45) is 23.2 Å². The molecule has 1 unspecified atom stereocenters. The summed E-state index contributed by atoms with van der Waals surface area (Å²) < 4.78 is 0. The predicted molar refractivity (Wildman–Crippen MR) is 88.4 cm³/mol. The zero-order valence-electron chi connectivity index (χ0n) is 13.9. The first-order chi connectivity index (χ1) is 10.2. The summed E-state index contributed by atoms with van der Waals surface area (Å²) in [6.07, 6.45) is 13.6. The average molecular weight is 290 g/mol. The molecule has 5 aliphatic rings. The lowest BCUT2D eigenvalue weighted by atomic mass is 9.48. The van der Waals surface area contributed by atoms with Gasteiger partial charge >= 0.3 is 0 Å². The van der Waals surface area contributed by atoms with Gasteiger partial charge in [0, 0.05) is 19.1 Å². The summed E-state index contributed by atoms with van der Waals surface area (Å²) in [5, 5.41) is 3.95. The lowest BCUT2D eigenvalue weighted by Crippen LogP contribution is -2.55. The van der Waals surface area contributed by atoms with E-state index in [2.05, 4.69) is 17.1 Å². The van der Waals surface area contributed by atoms with Crippen LogP contribution in [0, 0.1) is 23.2 Å². The number of nitrogens with zero attached hydrogens (tertiary/aromatic N) is 1. The molecule has 2 nitrogen and oxygen atoms in total. The van der Waals surface area contributed by atoms with E-state index in [0.29, 0.717) is 5.41 Å². The van der Waals surface area contributed by atoms with E-state index in [4.69, 9.17) is 0 Å². The normalized spacial score (nSPS) is 44.1. The molecule has 4 bridgehead atoms. The van der Waals surface area contributed by atoms with Gasteiger partial charge in [-0.15, -0.1) is 0 Å². The molecule has 4 saturated carbocycles. The molecule has 0 aromatic rings. The maximum Gasteiger partial charge on any atom is 0.0107 e. The van der Waals surface area contributed by atoms with Crippen molar-refractivity contribution in [2.45, 2.75) is 70.8 Å². The molecule has 2 heteroatoms. The van der Waals surface area contributed by atoms with E-state index in [1.54, 1.807) is 19.3 Å². The second kappa shape index (κ2) is 5.85. The van der Waals surface area contributed by atoms with Crippen LogP contribution in [0.15, 0.2) is 0 Å². The van der Waals surface area contributed by atoms with Gasteiger partial charge in [0.1, 0.15) is 0 Å².